The van der Waals surface area contributed by atoms with Crippen molar-refractivity contribution in [2.75, 3.05) is 19.6 Å². The molecule has 0 spiro atoms. The minimum absolute atomic E-state index is 0.127. The lowest BCUT2D eigenvalue weighted by molar-refractivity contribution is -0.138. The molecule has 3 heterocycles. The Morgan fingerprint density at radius 1 is 1.12 bits per heavy atom. The van der Waals surface area contributed by atoms with Gasteiger partial charge in [-0.15, -0.1) is 0 Å². The largest absolute Gasteiger partial charge is 0.364 e. The van der Waals surface area contributed by atoms with Crippen molar-refractivity contribution in [3.05, 3.63) is 23.0 Å². The minimum atomic E-state index is -0.403. The van der Waals surface area contributed by atoms with Crippen LogP contribution in [0.3, 0.4) is 0 Å². The molecule has 3 aliphatic rings. The van der Waals surface area contributed by atoms with Crippen LogP contribution in [0.4, 0.5) is 0 Å². The molecule has 142 valence electrons. The van der Waals surface area contributed by atoms with Gasteiger partial charge >= 0.3 is 0 Å². The van der Waals surface area contributed by atoms with Crippen molar-refractivity contribution in [2.24, 2.45) is 18.7 Å². The highest BCUT2D eigenvalue weighted by Gasteiger charge is 2.34. The van der Waals surface area contributed by atoms with Crippen molar-refractivity contribution < 1.29 is 9.59 Å². The van der Waals surface area contributed by atoms with Gasteiger partial charge in [0.05, 0.1) is 12.5 Å². The van der Waals surface area contributed by atoms with E-state index in [1.54, 1.807) is 0 Å². The summed E-state index contributed by atoms with van der Waals surface area (Å²) < 4.78 is 1.86. The lowest BCUT2D eigenvalue weighted by Crippen LogP contribution is -2.48. The van der Waals surface area contributed by atoms with Crippen LogP contribution in [0.15, 0.2) is 6.07 Å². The molecule has 0 unspecified atom stereocenters. The number of likely N-dealkylation sites (tertiary alicyclic amines) is 1. The van der Waals surface area contributed by atoms with Crippen molar-refractivity contribution in [2.45, 2.75) is 57.5 Å². The third kappa shape index (κ3) is 3.15. The van der Waals surface area contributed by atoms with E-state index in [0.29, 0.717) is 24.2 Å². The van der Waals surface area contributed by atoms with Gasteiger partial charge in [-0.1, -0.05) is 12.8 Å². The number of nitrogens with zero attached hydrogens (tertiary/aromatic N) is 3. The molecule has 0 bridgehead atoms. The van der Waals surface area contributed by atoms with Crippen LogP contribution in [0, 0.1) is 5.92 Å². The Kier molecular flexibility index (Phi) is 4.78. The molecule has 0 radical (unpaired) electrons. The molecule has 1 saturated heterocycles. The fourth-order valence-electron chi connectivity index (χ4n) is 5.14. The third-order valence-corrected chi connectivity index (χ3v) is 6.65. The van der Waals surface area contributed by atoms with E-state index in [-0.39, 0.29) is 5.92 Å². The molecule has 2 aliphatic heterocycles. The molecule has 4 rings (SSSR count). The Morgan fingerprint density at radius 2 is 1.88 bits per heavy atom. The number of carbonyl (C=O) groups excluding carboxylic acids is 2. The van der Waals surface area contributed by atoms with Crippen molar-refractivity contribution >= 4 is 11.8 Å². The van der Waals surface area contributed by atoms with Crippen LogP contribution < -0.4 is 5.73 Å². The lowest BCUT2D eigenvalue weighted by Gasteiger charge is -2.39. The lowest BCUT2D eigenvalue weighted by atomic mass is 9.94. The minimum Gasteiger partial charge on any atom is -0.364 e. The second-order valence-electron chi connectivity index (χ2n) is 8.21. The van der Waals surface area contributed by atoms with E-state index < -0.39 is 5.91 Å². The molecular formula is C20H30N4O2. The number of aromatic nitrogens is 1. The molecule has 6 nitrogen and oxygen atoms in total. The van der Waals surface area contributed by atoms with Crippen LogP contribution in [0.1, 0.15) is 60.3 Å². The van der Waals surface area contributed by atoms with Crippen LogP contribution in [0.2, 0.25) is 0 Å². The summed E-state index contributed by atoms with van der Waals surface area (Å²) in [7, 11) is 1.87. The van der Waals surface area contributed by atoms with Crippen LogP contribution >= 0.6 is 0 Å². The second kappa shape index (κ2) is 7.06. The quantitative estimate of drug-likeness (QED) is 0.893. The van der Waals surface area contributed by atoms with Crippen LogP contribution in [-0.4, -0.2) is 51.9 Å². The van der Waals surface area contributed by atoms with E-state index in [4.69, 9.17) is 5.73 Å². The molecule has 2 amide bonds. The predicted octanol–water partition coefficient (Wildman–Crippen LogP) is 1.66. The van der Waals surface area contributed by atoms with Gasteiger partial charge in [-0.3, -0.25) is 14.5 Å². The Bertz CT molecular complexity index is 705. The zero-order chi connectivity index (χ0) is 18.3. The van der Waals surface area contributed by atoms with Gasteiger partial charge in [0.25, 0.3) is 5.91 Å². The Balaban J connectivity index is 1.44. The van der Waals surface area contributed by atoms with E-state index in [0.717, 1.165) is 50.2 Å². The van der Waals surface area contributed by atoms with E-state index in [1.165, 1.54) is 25.7 Å². The Hall–Kier alpha value is -1.82. The molecule has 1 atom stereocenters. The van der Waals surface area contributed by atoms with Gasteiger partial charge in [0.1, 0.15) is 5.69 Å². The zero-order valence-electron chi connectivity index (χ0n) is 15.7. The number of amides is 2. The summed E-state index contributed by atoms with van der Waals surface area (Å²) in [5, 5.41) is 0. The van der Waals surface area contributed by atoms with E-state index >= 15 is 0 Å². The smallest absolute Gasteiger partial charge is 0.265 e. The highest BCUT2D eigenvalue weighted by molar-refractivity contribution is 5.91. The zero-order valence-corrected chi connectivity index (χ0v) is 15.7. The maximum Gasteiger partial charge on any atom is 0.265 e. The van der Waals surface area contributed by atoms with Gasteiger partial charge < -0.3 is 15.2 Å². The summed E-state index contributed by atoms with van der Waals surface area (Å²) in [6.07, 6.45) is 8.21. The van der Waals surface area contributed by atoms with Gasteiger partial charge in [0.15, 0.2) is 0 Å². The second-order valence-corrected chi connectivity index (χ2v) is 8.21. The highest BCUT2D eigenvalue weighted by atomic mass is 16.2. The molecule has 0 aromatic carbocycles. The first-order valence-corrected chi connectivity index (χ1v) is 10.0. The summed E-state index contributed by atoms with van der Waals surface area (Å²) in [6.45, 7) is 3.41. The number of piperidine rings is 1. The fourth-order valence-corrected chi connectivity index (χ4v) is 5.14. The van der Waals surface area contributed by atoms with Gasteiger partial charge in [-0.25, -0.2) is 0 Å². The molecule has 1 aromatic rings. The number of rotatable bonds is 3. The molecule has 1 saturated carbocycles. The van der Waals surface area contributed by atoms with Crippen LogP contribution in [-0.2, 0) is 24.8 Å². The Labute approximate surface area is 155 Å². The topological polar surface area (TPSA) is 71.6 Å². The summed E-state index contributed by atoms with van der Waals surface area (Å²) in [5.41, 5.74) is 8.22. The first kappa shape index (κ1) is 17.6. The average molecular weight is 358 g/mol. The predicted molar refractivity (Wildman–Crippen MR) is 99.6 cm³/mol. The van der Waals surface area contributed by atoms with E-state index in [1.807, 2.05) is 22.6 Å². The number of primary amides is 1. The van der Waals surface area contributed by atoms with Crippen molar-refractivity contribution in [1.29, 1.82) is 0 Å². The summed E-state index contributed by atoms with van der Waals surface area (Å²) in [6, 6.07) is 2.59. The van der Waals surface area contributed by atoms with E-state index in [2.05, 4.69) is 4.90 Å². The van der Waals surface area contributed by atoms with Gasteiger partial charge in [-0.05, 0) is 50.3 Å². The summed E-state index contributed by atoms with van der Waals surface area (Å²) in [4.78, 5) is 29.3. The van der Waals surface area contributed by atoms with Gasteiger partial charge in [-0.2, -0.15) is 0 Å². The monoisotopic (exact) mass is 358 g/mol. The maximum atomic E-state index is 13.2. The molecule has 6 heteroatoms. The standard InChI is InChI=1S/C20H30N4O2/c1-22-17(19(21)25)11-14-8-10-24(13-18(14)22)20(26)15-5-4-9-23(12-15)16-6-2-3-7-16/h11,15-16H,2-10,12-13H2,1H3,(H2,21,25)/t15-/m1/s1. The molecule has 2 N–H and O–H groups in total. The van der Waals surface area contributed by atoms with E-state index in [9.17, 15) is 9.59 Å². The van der Waals surface area contributed by atoms with Crippen molar-refractivity contribution in [3.63, 3.8) is 0 Å². The van der Waals surface area contributed by atoms with Gasteiger partial charge in [0.2, 0.25) is 5.91 Å². The van der Waals surface area contributed by atoms with Crippen molar-refractivity contribution in [1.82, 2.24) is 14.4 Å². The van der Waals surface area contributed by atoms with Gasteiger partial charge in [0, 0.05) is 31.9 Å². The number of carbonyl (C=O) groups is 2. The molecule has 1 aliphatic carbocycles. The first-order chi connectivity index (χ1) is 12.5. The molecular weight excluding hydrogens is 328 g/mol. The van der Waals surface area contributed by atoms with Crippen molar-refractivity contribution in [3.8, 4) is 0 Å². The average Bonchev–Trinajstić information content (AvgIpc) is 3.29. The summed E-state index contributed by atoms with van der Waals surface area (Å²) >= 11 is 0. The molecule has 26 heavy (non-hydrogen) atoms. The Morgan fingerprint density at radius 3 is 2.62 bits per heavy atom. The maximum absolute atomic E-state index is 13.2. The fraction of sp³-hybridized carbons (Fsp3) is 0.700. The number of nitrogens with two attached hydrogens (primary N) is 1. The summed E-state index contributed by atoms with van der Waals surface area (Å²) in [5.74, 6) is 0.0150. The third-order valence-electron chi connectivity index (χ3n) is 6.65. The molecule has 1 aromatic heterocycles. The number of fused-ring (bicyclic) bond motifs is 1. The first-order valence-electron chi connectivity index (χ1n) is 10.0. The normalized spacial score (nSPS) is 24.7. The molecule has 2 fully saturated rings. The van der Waals surface area contributed by atoms with Crippen LogP contribution in [0.25, 0.3) is 0 Å². The van der Waals surface area contributed by atoms with Crippen LogP contribution in [0.5, 0.6) is 0 Å². The number of hydrogen-bond acceptors (Lipinski definition) is 3. The highest BCUT2D eigenvalue weighted by Crippen LogP contribution is 2.30. The number of hydrogen-bond donors (Lipinski definition) is 1. The SMILES string of the molecule is Cn1c(C(N)=O)cc2c1CN(C(=O)[C@@H]1CCCN(C3CCCC3)C1)CC2.